The minimum atomic E-state index is -3.52. The molecule has 1 atom stereocenters. The van der Waals surface area contributed by atoms with Crippen LogP contribution in [0.25, 0.3) is 0 Å². The number of fused-ring (bicyclic) bond motifs is 1. The van der Waals surface area contributed by atoms with Crippen LogP contribution in [0.15, 0.2) is 52.3 Å². The van der Waals surface area contributed by atoms with Crippen LogP contribution >= 0.6 is 11.8 Å². The smallest absolute Gasteiger partial charge is 0.255 e. The Kier molecular flexibility index (Phi) is 4.90. The normalized spacial score (nSPS) is 18.9. The Morgan fingerprint density at radius 2 is 1.86 bits per heavy atom. The molecule has 0 aromatic heterocycles. The molecule has 9 heteroatoms. The maximum absolute atomic E-state index is 12.5. The first-order valence-corrected chi connectivity index (χ1v) is 11.2. The van der Waals surface area contributed by atoms with Crippen LogP contribution in [0.2, 0.25) is 0 Å². The number of hydrogen-bond acceptors (Lipinski definition) is 5. The van der Waals surface area contributed by atoms with E-state index in [4.69, 9.17) is 0 Å². The van der Waals surface area contributed by atoms with Gasteiger partial charge in [0.15, 0.2) is 0 Å². The van der Waals surface area contributed by atoms with Gasteiger partial charge < -0.3 is 10.6 Å². The van der Waals surface area contributed by atoms with Gasteiger partial charge in [0.25, 0.3) is 5.91 Å². The Balaban J connectivity index is 1.46. The molecule has 4 rings (SSSR count). The van der Waals surface area contributed by atoms with E-state index in [9.17, 15) is 18.0 Å². The number of rotatable bonds is 5. The predicted octanol–water partition coefficient (Wildman–Crippen LogP) is 2.81. The Bertz CT molecular complexity index is 1050. The highest BCUT2D eigenvalue weighted by Gasteiger charge is 2.28. The lowest BCUT2D eigenvalue weighted by molar-refractivity contribution is -0.115. The van der Waals surface area contributed by atoms with E-state index < -0.39 is 10.0 Å². The molecule has 1 aliphatic heterocycles. The monoisotopic (exact) mass is 417 g/mol. The molecule has 1 unspecified atom stereocenters. The highest BCUT2D eigenvalue weighted by atomic mass is 32.2. The third-order valence-corrected chi connectivity index (χ3v) is 7.21. The molecule has 1 fully saturated rings. The van der Waals surface area contributed by atoms with Gasteiger partial charge in [-0.2, -0.15) is 0 Å². The van der Waals surface area contributed by atoms with Gasteiger partial charge in [0, 0.05) is 22.2 Å². The van der Waals surface area contributed by atoms with Crippen molar-refractivity contribution in [2.75, 3.05) is 10.6 Å². The maximum Gasteiger partial charge on any atom is 0.255 e. The molecule has 3 N–H and O–H groups in total. The number of anilines is 2. The van der Waals surface area contributed by atoms with Crippen molar-refractivity contribution in [1.29, 1.82) is 0 Å². The van der Waals surface area contributed by atoms with Crippen LogP contribution < -0.4 is 15.4 Å². The van der Waals surface area contributed by atoms with Gasteiger partial charge in [0.1, 0.15) is 0 Å². The lowest BCUT2D eigenvalue weighted by Crippen LogP contribution is -2.26. The summed E-state index contributed by atoms with van der Waals surface area (Å²) in [6, 6.07) is 11.2. The summed E-state index contributed by atoms with van der Waals surface area (Å²) in [5.74, 6) is -0.431. The lowest BCUT2D eigenvalue weighted by Gasteiger charge is -2.21. The van der Waals surface area contributed by atoms with Crippen molar-refractivity contribution < 1.29 is 18.0 Å². The van der Waals surface area contributed by atoms with Gasteiger partial charge >= 0.3 is 0 Å². The highest BCUT2D eigenvalue weighted by molar-refractivity contribution is 8.01. The molecule has 0 spiro atoms. The number of carbonyl (C=O) groups excluding carboxylic acids is 2. The van der Waals surface area contributed by atoms with E-state index in [-0.39, 0.29) is 28.0 Å². The molecule has 2 amide bonds. The van der Waals surface area contributed by atoms with Crippen LogP contribution in [0.3, 0.4) is 0 Å². The SMILES string of the molecule is CC1Sc2ccc(C(=O)Nc3ccc(S(=O)(=O)NC4CC4)cc3)cc2NC1=O. The van der Waals surface area contributed by atoms with Gasteiger partial charge in [-0.25, -0.2) is 13.1 Å². The van der Waals surface area contributed by atoms with Crippen LogP contribution in [0.1, 0.15) is 30.1 Å². The fourth-order valence-electron chi connectivity index (χ4n) is 2.76. The van der Waals surface area contributed by atoms with Gasteiger partial charge in [0.05, 0.1) is 15.8 Å². The molecular formula is C19H19N3O4S2. The van der Waals surface area contributed by atoms with Gasteiger partial charge in [0.2, 0.25) is 15.9 Å². The van der Waals surface area contributed by atoms with Crippen LogP contribution in [-0.2, 0) is 14.8 Å². The minimum Gasteiger partial charge on any atom is -0.324 e. The van der Waals surface area contributed by atoms with Crippen molar-refractivity contribution in [3.8, 4) is 0 Å². The zero-order valence-corrected chi connectivity index (χ0v) is 16.7. The van der Waals surface area contributed by atoms with Crippen molar-refractivity contribution in [3.63, 3.8) is 0 Å². The number of benzene rings is 2. The first-order chi connectivity index (χ1) is 13.3. The summed E-state index contributed by atoms with van der Waals surface area (Å²) < 4.78 is 27.0. The van der Waals surface area contributed by atoms with Gasteiger partial charge in [-0.1, -0.05) is 0 Å². The van der Waals surface area contributed by atoms with E-state index in [0.717, 1.165) is 17.7 Å². The summed E-state index contributed by atoms with van der Waals surface area (Å²) in [4.78, 5) is 25.4. The second-order valence-electron chi connectivity index (χ2n) is 6.83. The summed E-state index contributed by atoms with van der Waals surface area (Å²) in [7, 11) is -3.52. The van der Waals surface area contributed by atoms with Gasteiger partial charge in [-0.05, 0) is 62.2 Å². The average Bonchev–Trinajstić information content (AvgIpc) is 3.46. The molecule has 146 valence electrons. The standard InChI is InChI=1S/C19H19N3O4S2/c1-11-18(23)21-16-10-12(2-9-17(16)27-11)19(24)20-13-5-7-15(8-6-13)28(25,26)22-14-3-4-14/h2,5-11,14,22H,3-4H2,1H3,(H,20,24)(H,21,23). The number of amides is 2. The lowest BCUT2D eigenvalue weighted by atomic mass is 10.1. The largest absolute Gasteiger partial charge is 0.324 e. The van der Waals surface area contributed by atoms with E-state index in [1.807, 2.05) is 13.0 Å². The molecule has 28 heavy (non-hydrogen) atoms. The van der Waals surface area contributed by atoms with Gasteiger partial charge in [-0.3, -0.25) is 9.59 Å². The van der Waals surface area contributed by atoms with Gasteiger partial charge in [-0.15, -0.1) is 11.8 Å². The van der Waals surface area contributed by atoms with Crippen molar-refractivity contribution in [2.24, 2.45) is 0 Å². The molecule has 7 nitrogen and oxygen atoms in total. The van der Waals surface area contributed by atoms with Crippen LogP contribution in [0.5, 0.6) is 0 Å². The fraction of sp³-hybridized carbons (Fsp3) is 0.263. The second-order valence-corrected chi connectivity index (χ2v) is 9.93. The summed E-state index contributed by atoms with van der Waals surface area (Å²) in [5.41, 5.74) is 1.51. The van der Waals surface area contributed by atoms with Crippen LogP contribution in [-0.4, -0.2) is 31.5 Å². The summed E-state index contributed by atoms with van der Waals surface area (Å²) in [6.45, 7) is 1.83. The number of hydrogen-bond donors (Lipinski definition) is 3. The van der Waals surface area contributed by atoms with E-state index >= 15 is 0 Å². The Labute approximate surface area is 167 Å². The van der Waals surface area contributed by atoms with Crippen LogP contribution in [0, 0.1) is 0 Å². The van der Waals surface area contributed by atoms with Crippen molar-refractivity contribution in [3.05, 3.63) is 48.0 Å². The van der Waals surface area contributed by atoms with Crippen molar-refractivity contribution in [2.45, 2.75) is 40.8 Å². The van der Waals surface area contributed by atoms with E-state index in [2.05, 4.69) is 15.4 Å². The molecule has 1 aliphatic carbocycles. The minimum absolute atomic E-state index is 0.0371. The second kappa shape index (κ2) is 7.23. The Morgan fingerprint density at radius 3 is 2.54 bits per heavy atom. The molecule has 2 aromatic carbocycles. The molecule has 0 saturated heterocycles. The molecule has 1 heterocycles. The third-order valence-electron chi connectivity index (χ3n) is 4.49. The molecule has 1 saturated carbocycles. The third kappa shape index (κ3) is 4.06. The summed E-state index contributed by atoms with van der Waals surface area (Å²) in [6.07, 6.45) is 1.73. The van der Waals surface area contributed by atoms with E-state index in [1.54, 1.807) is 24.3 Å². The van der Waals surface area contributed by atoms with E-state index in [0.29, 0.717) is 16.9 Å². The molecule has 2 aliphatic rings. The average molecular weight is 418 g/mol. The molecular weight excluding hydrogens is 398 g/mol. The fourth-order valence-corrected chi connectivity index (χ4v) is 4.99. The van der Waals surface area contributed by atoms with Crippen molar-refractivity contribution >= 4 is 45.0 Å². The molecule has 2 aromatic rings. The number of sulfonamides is 1. The summed E-state index contributed by atoms with van der Waals surface area (Å²) in [5, 5.41) is 5.37. The van der Waals surface area contributed by atoms with Crippen molar-refractivity contribution in [1.82, 2.24) is 4.72 Å². The van der Waals surface area contributed by atoms with E-state index in [1.165, 1.54) is 23.9 Å². The summed E-state index contributed by atoms with van der Waals surface area (Å²) >= 11 is 1.45. The maximum atomic E-state index is 12.5. The number of carbonyl (C=O) groups is 2. The molecule has 0 radical (unpaired) electrons. The van der Waals surface area contributed by atoms with Crippen LogP contribution in [0.4, 0.5) is 11.4 Å². The number of thioether (sulfide) groups is 1. The zero-order chi connectivity index (χ0) is 19.9. The molecule has 0 bridgehead atoms. The zero-order valence-electron chi connectivity index (χ0n) is 15.1. The quantitative estimate of drug-likeness (QED) is 0.694. The Hall–Kier alpha value is -2.36. The first kappa shape index (κ1) is 19.0. The first-order valence-electron chi connectivity index (χ1n) is 8.87. The topological polar surface area (TPSA) is 104 Å². The Morgan fingerprint density at radius 1 is 1.14 bits per heavy atom. The highest BCUT2D eigenvalue weighted by Crippen LogP contribution is 2.36. The number of nitrogens with one attached hydrogen (secondary N) is 3. The predicted molar refractivity (Wildman–Crippen MR) is 108 cm³/mol.